The average Bonchev–Trinajstić information content (AvgIpc) is 2.67. The largest absolute Gasteiger partial charge is 0.497 e. The molecule has 0 aliphatic heterocycles. The van der Waals surface area contributed by atoms with E-state index in [0.717, 1.165) is 62.2 Å². The fourth-order valence-electron chi connectivity index (χ4n) is 2.40. The number of nitrogens with one attached hydrogen (secondary N) is 2. The van der Waals surface area contributed by atoms with Gasteiger partial charge >= 0.3 is 0 Å². The Morgan fingerprint density at radius 3 is 2.58 bits per heavy atom. The summed E-state index contributed by atoms with van der Waals surface area (Å²) in [6.07, 6.45) is 1.04. The second kappa shape index (κ2) is 13.2. The SMILES string of the molecule is CCNC(=NCc1ccc(OC)cc1OC)NCCCN(C)CCOC. The molecule has 0 fully saturated rings. The molecule has 0 spiro atoms. The van der Waals surface area contributed by atoms with Crippen molar-refractivity contribution in [2.75, 3.05) is 61.2 Å². The molecular weight excluding hydrogens is 332 g/mol. The first-order chi connectivity index (χ1) is 12.6. The quantitative estimate of drug-likeness (QED) is 0.334. The molecule has 1 aromatic carbocycles. The number of methoxy groups -OCH3 is 3. The number of aliphatic imine (C=N–C) groups is 1. The number of nitrogens with zero attached hydrogens (tertiary/aromatic N) is 2. The molecule has 0 radical (unpaired) electrons. The van der Waals surface area contributed by atoms with Crippen molar-refractivity contribution < 1.29 is 14.2 Å². The molecular formula is C19H34N4O3. The minimum atomic E-state index is 0.538. The lowest BCUT2D eigenvalue weighted by molar-refractivity contribution is 0.161. The van der Waals surface area contributed by atoms with Crippen LogP contribution in [0.15, 0.2) is 23.2 Å². The van der Waals surface area contributed by atoms with Crippen LogP contribution in [0.2, 0.25) is 0 Å². The summed E-state index contributed by atoms with van der Waals surface area (Å²) in [5.41, 5.74) is 1.02. The Morgan fingerprint density at radius 1 is 1.12 bits per heavy atom. The van der Waals surface area contributed by atoms with E-state index in [0.29, 0.717) is 6.54 Å². The molecule has 0 heterocycles. The first-order valence-electron chi connectivity index (χ1n) is 9.05. The normalized spacial score (nSPS) is 11.5. The highest BCUT2D eigenvalue weighted by Gasteiger charge is 2.05. The van der Waals surface area contributed by atoms with Crippen molar-refractivity contribution in [2.24, 2.45) is 4.99 Å². The summed E-state index contributed by atoms with van der Waals surface area (Å²) in [6, 6.07) is 5.78. The Labute approximate surface area is 157 Å². The van der Waals surface area contributed by atoms with Crippen LogP contribution in [0.25, 0.3) is 0 Å². The number of ether oxygens (including phenoxy) is 3. The molecule has 0 aliphatic carbocycles. The molecule has 0 unspecified atom stereocenters. The molecule has 0 atom stereocenters. The Kier molecular flexibility index (Phi) is 11.2. The number of rotatable bonds is 12. The predicted octanol–water partition coefficient (Wildman–Crippen LogP) is 1.73. The van der Waals surface area contributed by atoms with Gasteiger partial charge in [-0.1, -0.05) is 0 Å². The van der Waals surface area contributed by atoms with E-state index in [-0.39, 0.29) is 0 Å². The van der Waals surface area contributed by atoms with Gasteiger partial charge < -0.3 is 29.7 Å². The van der Waals surface area contributed by atoms with Gasteiger partial charge in [-0.15, -0.1) is 0 Å². The Balaban J connectivity index is 2.53. The minimum absolute atomic E-state index is 0.538. The van der Waals surface area contributed by atoms with Crippen molar-refractivity contribution in [3.63, 3.8) is 0 Å². The summed E-state index contributed by atoms with van der Waals surface area (Å²) in [6.45, 7) is 7.00. The zero-order valence-corrected chi connectivity index (χ0v) is 16.8. The van der Waals surface area contributed by atoms with Gasteiger partial charge in [-0.2, -0.15) is 0 Å². The van der Waals surface area contributed by atoms with Gasteiger partial charge in [-0.05, 0) is 39.1 Å². The number of hydrogen-bond donors (Lipinski definition) is 2. The highest BCUT2D eigenvalue weighted by atomic mass is 16.5. The van der Waals surface area contributed by atoms with Crippen LogP contribution in [0.3, 0.4) is 0 Å². The summed E-state index contributed by atoms with van der Waals surface area (Å²) >= 11 is 0. The second-order valence-corrected chi connectivity index (χ2v) is 5.95. The van der Waals surface area contributed by atoms with Crippen LogP contribution in [-0.4, -0.2) is 72.0 Å². The lowest BCUT2D eigenvalue weighted by atomic mass is 10.2. The lowest BCUT2D eigenvalue weighted by Crippen LogP contribution is -2.38. The van der Waals surface area contributed by atoms with Crippen LogP contribution in [0.5, 0.6) is 11.5 Å². The molecule has 1 aromatic rings. The molecule has 0 aliphatic rings. The fourth-order valence-corrected chi connectivity index (χ4v) is 2.40. The first kappa shape index (κ1) is 22.1. The maximum absolute atomic E-state index is 5.43. The molecule has 26 heavy (non-hydrogen) atoms. The standard InChI is InChI=1S/C19H34N4O3/c1-6-20-19(21-10-7-11-23(2)12-13-24-3)22-15-16-8-9-17(25-4)14-18(16)26-5/h8-9,14H,6-7,10-13,15H2,1-5H3,(H2,20,21,22). The number of likely N-dealkylation sites (N-methyl/N-ethyl adjacent to an activating group) is 1. The van der Waals surface area contributed by atoms with E-state index >= 15 is 0 Å². The third kappa shape index (κ3) is 8.40. The average molecular weight is 367 g/mol. The summed E-state index contributed by atoms with van der Waals surface area (Å²) in [7, 11) is 7.14. The molecule has 0 bridgehead atoms. The van der Waals surface area contributed by atoms with Crippen LogP contribution in [-0.2, 0) is 11.3 Å². The first-order valence-corrected chi connectivity index (χ1v) is 9.05. The van der Waals surface area contributed by atoms with Gasteiger partial charge in [0.15, 0.2) is 5.96 Å². The van der Waals surface area contributed by atoms with Crippen LogP contribution in [0.4, 0.5) is 0 Å². The third-order valence-corrected chi connectivity index (χ3v) is 3.93. The van der Waals surface area contributed by atoms with Crippen LogP contribution >= 0.6 is 0 Å². The van der Waals surface area contributed by atoms with E-state index in [9.17, 15) is 0 Å². The summed E-state index contributed by atoms with van der Waals surface area (Å²) < 4.78 is 15.8. The zero-order chi connectivity index (χ0) is 19.2. The Hall–Kier alpha value is -1.99. The monoisotopic (exact) mass is 366 g/mol. The highest BCUT2D eigenvalue weighted by molar-refractivity contribution is 5.79. The summed E-state index contributed by atoms with van der Waals surface area (Å²) in [4.78, 5) is 6.92. The van der Waals surface area contributed by atoms with E-state index in [2.05, 4.69) is 34.5 Å². The van der Waals surface area contributed by atoms with E-state index in [1.54, 1.807) is 21.3 Å². The van der Waals surface area contributed by atoms with Crippen molar-refractivity contribution in [1.82, 2.24) is 15.5 Å². The van der Waals surface area contributed by atoms with Crippen LogP contribution in [0, 0.1) is 0 Å². The van der Waals surface area contributed by atoms with E-state index in [4.69, 9.17) is 14.2 Å². The second-order valence-electron chi connectivity index (χ2n) is 5.95. The molecule has 0 aromatic heterocycles. The molecule has 0 amide bonds. The number of benzene rings is 1. The van der Waals surface area contributed by atoms with Crippen molar-refractivity contribution in [1.29, 1.82) is 0 Å². The van der Waals surface area contributed by atoms with Gasteiger partial charge in [0.2, 0.25) is 0 Å². The molecule has 1 rings (SSSR count). The zero-order valence-electron chi connectivity index (χ0n) is 16.8. The maximum Gasteiger partial charge on any atom is 0.191 e. The van der Waals surface area contributed by atoms with Gasteiger partial charge in [0.1, 0.15) is 11.5 Å². The van der Waals surface area contributed by atoms with Crippen molar-refractivity contribution in [3.05, 3.63) is 23.8 Å². The minimum Gasteiger partial charge on any atom is -0.497 e. The van der Waals surface area contributed by atoms with Gasteiger partial charge in [-0.25, -0.2) is 4.99 Å². The smallest absolute Gasteiger partial charge is 0.191 e. The van der Waals surface area contributed by atoms with Gasteiger partial charge in [0.05, 0.1) is 27.4 Å². The summed E-state index contributed by atoms with van der Waals surface area (Å²) in [5, 5.41) is 6.65. The molecule has 7 nitrogen and oxygen atoms in total. The van der Waals surface area contributed by atoms with E-state index in [1.165, 1.54) is 0 Å². The molecule has 7 heteroatoms. The molecule has 0 saturated heterocycles. The number of hydrogen-bond acceptors (Lipinski definition) is 5. The summed E-state index contributed by atoms with van der Waals surface area (Å²) in [5.74, 6) is 2.37. The molecule has 0 saturated carbocycles. The molecule has 2 N–H and O–H groups in total. The Bertz CT molecular complexity index is 538. The van der Waals surface area contributed by atoms with Gasteiger partial charge in [-0.3, -0.25) is 0 Å². The third-order valence-electron chi connectivity index (χ3n) is 3.93. The van der Waals surface area contributed by atoms with Crippen LogP contribution in [0.1, 0.15) is 18.9 Å². The number of guanidine groups is 1. The van der Waals surface area contributed by atoms with E-state index in [1.807, 2.05) is 18.2 Å². The topological polar surface area (TPSA) is 67.4 Å². The van der Waals surface area contributed by atoms with Crippen LogP contribution < -0.4 is 20.1 Å². The fraction of sp³-hybridized carbons (Fsp3) is 0.632. The highest BCUT2D eigenvalue weighted by Crippen LogP contribution is 2.25. The van der Waals surface area contributed by atoms with E-state index < -0.39 is 0 Å². The predicted molar refractivity (Wildman–Crippen MR) is 106 cm³/mol. The van der Waals surface area contributed by atoms with Gasteiger partial charge in [0.25, 0.3) is 0 Å². The maximum atomic E-state index is 5.43. The van der Waals surface area contributed by atoms with Crippen molar-refractivity contribution >= 4 is 5.96 Å². The van der Waals surface area contributed by atoms with Crippen molar-refractivity contribution in [2.45, 2.75) is 19.9 Å². The molecule has 148 valence electrons. The Morgan fingerprint density at radius 2 is 1.92 bits per heavy atom. The van der Waals surface area contributed by atoms with Gasteiger partial charge in [0, 0.05) is 38.4 Å². The van der Waals surface area contributed by atoms with Crippen molar-refractivity contribution in [3.8, 4) is 11.5 Å². The lowest BCUT2D eigenvalue weighted by Gasteiger charge is -2.17.